The van der Waals surface area contributed by atoms with Crippen LogP contribution in [0.25, 0.3) is 0 Å². The summed E-state index contributed by atoms with van der Waals surface area (Å²) in [5.74, 6) is 0.655. The molecule has 0 N–H and O–H groups in total. The van der Waals surface area contributed by atoms with E-state index in [2.05, 4.69) is 0 Å². The van der Waals surface area contributed by atoms with Crippen molar-refractivity contribution in [1.29, 1.82) is 0 Å². The number of hydrogen-bond acceptors (Lipinski definition) is 3. The summed E-state index contributed by atoms with van der Waals surface area (Å²) in [7, 11) is 0. The normalized spacial score (nSPS) is 10.4. The van der Waals surface area contributed by atoms with Crippen molar-refractivity contribution in [3.05, 3.63) is 65.2 Å². The first kappa shape index (κ1) is 16.1. The van der Waals surface area contributed by atoms with Gasteiger partial charge in [-0.2, -0.15) is 0 Å². The molecule has 0 amide bonds. The summed E-state index contributed by atoms with van der Waals surface area (Å²) in [6, 6.07) is 14.9. The highest BCUT2D eigenvalue weighted by atomic mass is 35.5. The van der Waals surface area contributed by atoms with Crippen LogP contribution in [-0.2, 0) is 17.0 Å². The summed E-state index contributed by atoms with van der Waals surface area (Å²) in [5, 5.41) is -0.813. The molecule has 0 saturated heterocycles. The highest BCUT2D eigenvalue weighted by Gasteiger charge is 2.08. The van der Waals surface area contributed by atoms with Crippen LogP contribution in [0.3, 0.4) is 0 Å². The highest BCUT2D eigenvalue weighted by molar-refractivity contribution is 7.98. The Hall–Kier alpha value is -1.29. The van der Waals surface area contributed by atoms with Crippen LogP contribution in [0.4, 0.5) is 0 Å². The highest BCUT2D eigenvalue weighted by Crippen LogP contribution is 2.25. The van der Waals surface area contributed by atoms with Crippen LogP contribution >= 0.6 is 35.0 Å². The summed E-state index contributed by atoms with van der Waals surface area (Å²) in [6.45, 7) is 0. The van der Waals surface area contributed by atoms with Crippen LogP contribution in [0.15, 0.2) is 53.4 Å². The number of carbonyl (C=O) groups excluding carboxylic acids is 2. The zero-order valence-corrected chi connectivity index (χ0v) is 13.3. The fraction of sp³-hybridized carbons (Fsp3) is 0.125. The molecule has 0 fully saturated rings. The zero-order valence-electron chi connectivity index (χ0n) is 11.0. The Morgan fingerprint density at radius 2 is 1.62 bits per heavy atom. The summed E-state index contributed by atoms with van der Waals surface area (Å²) in [6.07, 6.45) is 0.232. The second kappa shape index (κ2) is 7.64. The van der Waals surface area contributed by atoms with E-state index >= 15 is 0 Å². The van der Waals surface area contributed by atoms with Crippen LogP contribution in [0, 0.1) is 0 Å². The van der Waals surface area contributed by atoms with Crippen molar-refractivity contribution in [3.8, 4) is 0 Å². The molecular weight excluding hydrogens is 327 g/mol. The van der Waals surface area contributed by atoms with E-state index in [9.17, 15) is 9.59 Å². The van der Waals surface area contributed by atoms with E-state index < -0.39 is 5.24 Å². The third-order valence-electron chi connectivity index (χ3n) is 2.89. The molecular formula is C16H12Cl2O2S. The molecule has 0 saturated carbocycles. The zero-order chi connectivity index (χ0) is 15.2. The van der Waals surface area contributed by atoms with Crippen molar-refractivity contribution >= 4 is 45.4 Å². The predicted molar refractivity (Wildman–Crippen MR) is 87.2 cm³/mol. The maximum atomic E-state index is 11.3. The van der Waals surface area contributed by atoms with Gasteiger partial charge in [0.25, 0.3) is 5.24 Å². The average molecular weight is 339 g/mol. The molecule has 0 atom stereocenters. The van der Waals surface area contributed by atoms with E-state index in [1.54, 1.807) is 23.9 Å². The predicted octanol–water partition coefficient (Wildman–Crippen LogP) is 4.67. The smallest absolute Gasteiger partial charge is 0.252 e. The van der Waals surface area contributed by atoms with Gasteiger partial charge in [0.2, 0.25) is 5.24 Å². The molecule has 0 aromatic heterocycles. The fourth-order valence-electron chi connectivity index (χ4n) is 1.86. The van der Waals surface area contributed by atoms with Crippen molar-refractivity contribution in [2.45, 2.75) is 17.1 Å². The Labute approximate surface area is 137 Å². The van der Waals surface area contributed by atoms with Gasteiger partial charge in [0.1, 0.15) is 0 Å². The Bertz CT molecular complexity index is 654. The van der Waals surface area contributed by atoms with Gasteiger partial charge in [-0.05, 0) is 52.5 Å². The van der Waals surface area contributed by atoms with E-state index in [4.69, 9.17) is 23.2 Å². The van der Waals surface area contributed by atoms with Crippen molar-refractivity contribution < 1.29 is 9.59 Å². The average Bonchev–Trinajstić information content (AvgIpc) is 2.46. The van der Waals surface area contributed by atoms with Gasteiger partial charge in [0.05, 0.1) is 0 Å². The van der Waals surface area contributed by atoms with Gasteiger partial charge < -0.3 is 0 Å². The summed E-state index contributed by atoms with van der Waals surface area (Å²) in [5.41, 5.74) is 2.33. The first-order valence-electron chi connectivity index (χ1n) is 6.24. The molecule has 2 nitrogen and oxygen atoms in total. The molecule has 0 aliphatic carbocycles. The maximum Gasteiger partial charge on any atom is 0.252 e. The first-order chi connectivity index (χ1) is 10.1. The lowest BCUT2D eigenvalue weighted by molar-refractivity contribution is -0.111. The van der Waals surface area contributed by atoms with Crippen LogP contribution in [-0.4, -0.2) is 10.5 Å². The van der Waals surface area contributed by atoms with E-state index in [0.29, 0.717) is 11.3 Å². The van der Waals surface area contributed by atoms with E-state index in [1.807, 2.05) is 36.4 Å². The lowest BCUT2D eigenvalue weighted by Gasteiger charge is -2.06. The minimum atomic E-state index is -0.442. The van der Waals surface area contributed by atoms with Crippen molar-refractivity contribution in [2.24, 2.45) is 0 Å². The van der Waals surface area contributed by atoms with Crippen molar-refractivity contribution in [2.75, 3.05) is 0 Å². The fourth-order valence-corrected chi connectivity index (χ4v) is 3.10. The van der Waals surface area contributed by atoms with Crippen LogP contribution in [0.2, 0.25) is 0 Å². The van der Waals surface area contributed by atoms with Crippen molar-refractivity contribution in [1.82, 2.24) is 0 Å². The van der Waals surface area contributed by atoms with Gasteiger partial charge in [-0.1, -0.05) is 30.3 Å². The van der Waals surface area contributed by atoms with Gasteiger partial charge in [0, 0.05) is 22.6 Å². The number of rotatable bonds is 6. The summed E-state index contributed by atoms with van der Waals surface area (Å²) < 4.78 is 0. The molecule has 2 aromatic carbocycles. The molecule has 0 bridgehead atoms. The first-order valence-corrected chi connectivity index (χ1v) is 7.98. The molecule has 5 heteroatoms. The third kappa shape index (κ3) is 4.88. The van der Waals surface area contributed by atoms with Crippen LogP contribution in [0.1, 0.15) is 21.5 Å². The Kier molecular flexibility index (Phi) is 5.85. The van der Waals surface area contributed by atoms with Crippen LogP contribution < -0.4 is 0 Å². The number of halogens is 2. The van der Waals surface area contributed by atoms with Gasteiger partial charge in [-0.3, -0.25) is 9.59 Å². The second-order valence-electron chi connectivity index (χ2n) is 4.40. The number of hydrogen-bond donors (Lipinski definition) is 0. The van der Waals surface area contributed by atoms with Crippen LogP contribution in [0.5, 0.6) is 0 Å². The van der Waals surface area contributed by atoms with E-state index in [0.717, 1.165) is 16.0 Å². The summed E-state index contributed by atoms with van der Waals surface area (Å²) in [4.78, 5) is 23.2. The van der Waals surface area contributed by atoms with Gasteiger partial charge in [-0.25, -0.2) is 0 Å². The van der Waals surface area contributed by atoms with Gasteiger partial charge >= 0.3 is 0 Å². The molecule has 0 radical (unpaired) electrons. The third-order valence-corrected chi connectivity index (χ3v) is 4.29. The minimum Gasteiger partial charge on any atom is -0.281 e. The standard InChI is InChI=1S/C16H12Cl2O2S/c17-15(19)9-11-5-7-13(8-6-11)21-10-12-3-1-2-4-14(12)16(18)20/h1-8H,9-10H2. The van der Waals surface area contributed by atoms with Crippen molar-refractivity contribution in [3.63, 3.8) is 0 Å². The Morgan fingerprint density at radius 3 is 2.24 bits per heavy atom. The molecule has 21 heavy (non-hydrogen) atoms. The molecule has 0 heterocycles. The van der Waals surface area contributed by atoms with E-state index in [1.165, 1.54) is 0 Å². The number of carbonyl (C=O) groups is 2. The molecule has 0 spiro atoms. The largest absolute Gasteiger partial charge is 0.281 e. The second-order valence-corrected chi connectivity index (χ2v) is 6.21. The monoisotopic (exact) mass is 338 g/mol. The molecule has 108 valence electrons. The Morgan fingerprint density at radius 1 is 0.952 bits per heavy atom. The minimum absolute atomic E-state index is 0.232. The van der Waals surface area contributed by atoms with Gasteiger partial charge in [0.15, 0.2) is 0 Å². The molecule has 0 aliphatic rings. The molecule has 0 unspecified atom stereocenters. The van der Waals surface area contributed by atoms with E-state index in [-0.39, 0.29) is 11.7 Å². The molecule has 0 aliphatic heterocycles. The quantitative estimate of drug-likeness (QED) is 0.567. The SMILES string of the molecule is O=C(Cl)Cc1ccc(SCc2ccccc2C(=O)Cl)cc1. The molecule has 2 rings (SSSR count). The number of benzene rings is 2. The lowest BCUT2D eigenvalue weighted by Crippen LogP contribution is -1.95. The summed E-state index contributed by atoms with van der Waals surface area (Å²) >= 11 is 12.5. The molecule has 2 aromatic rings. The number of thioether (sulfide) groups is 1. The van der Waals surface area contributed by atoms with Gasteiger partial charge in [-0.15, -0.1) is 11.8 Å². The lowest BCUT2D eigenvalue weighted by atomic mass is 10.1. The maximum absolute atomic E-state index is 11.3. The topological polar surface area (TPSA) is 34.1 Å². The Balaban J connectivity index is 2.03.